The molecule has 7 heteroatoms. The van der Waals surface area contributed by atoms with Crippen LogP contribution in [0.25, 0.3) is 0 Å². The molecule has 0 saturated heterocycles. The Labute approximate surface area is 72.6 Å². The fourth-order valence-corrected chi connectivity index (χ4v) is 0.795. The second-order valence-corrected chi connectivity index (χ2v) is 2.25. The predicted octanol–water partition coefficient (Wildman–Crippen LogP) is -1.02. The van der Waals surface area contributed by atoms with Gasteiger partial charge in [-0.25, -0.2) is 0 Å². The van der Waals surface area contributed by atoms with Crippen LogP contribution in [-0.4, -0.2) is 31.7 Å². The van der Waals surface area contributed by atoms with Gasteiger partial charge in [-0.15, -0.1) is 0 Å². The van der Waals surface area contributed by atoms with E-state index in [9.17, 15) is 0 Å². The maximum absolute atomic E-state index is 5.47. The standard InChI is InChI=1S/C5H7N5.Al.Rf/c1-8-4-3(6)2-9-5(7)10-4;;/h1,6H2,(H3,7,8,9,10);;/q-1;;. The van der Waals surface area contributed by atoms with E-state index >= 15 is 0 Å². The summed E-state index contributed by atoms with van der Waals surface area (Å²) in [5, 5.41) is 3.55. The minimum absolute atomic E-state index is 0. The summed E-state index contributed by atoms with van der Waals surface area (Å²) in [6, 6.07) is 0. The van der Waals surface area contributed by atoms with Gasteiger partial charge in [0.2, 0.25) is 0 Å². The topological polar surface area (TPSA) is 89.8 Å². The van der Waals surface area contributed by atoms with Crippen molar-refractivity contribution in [3.8, 4) is 0 Å². The summed E-state index contributed by atoms with van der Waals surface area (Å²) in [7, 11) is 0. The van der Waals surface area contributed by atoms with Crippen LogP contribution >= 0.6 is 0 Å². The Morgan fingerprint density at radius 3 is 2.75 bits per heavy atom. The molecule has 0 saturated carbocycles. The molecule has 0 aliphatic carbocycles. The third kappa shape index (κ3) is 2.01. The summed E-state index contributed by atoms with van der Waals surface area (Å²) in [5.41, 5.74) is 11.1. The number of rotatable bonds is 2. The van der Waals surface area contributed by atoms with Gasteiger partial charge in [0.1, 0.15) is 5.95 Å². The van der Waals surface area contributed by atoms with Gasteiger partial charge in [-0.2, -0.15) is 0 Å². The molecule has 12 heavy (non-hydrogen) atoms. The largest absolute Gasteiger partial charge is 0.435 e. The van der Waals surface area contributed by atoms with Gasteiger partial charge in [0, 0.05) is 5.82 Å². The molecule has 5 nitrogen and oxygen atoms in total. The first kappa shape index (κ1) is 10.0. The Kier molecular flexibility index (Phi) is 3.35. The van der Waals surface area contributed by atoms with Crippen LogP contribution in [0.1, 0.15) is 0 Å². The predicted molar refractivity (Wildman–Crippen MR) is 43.9 cm³/mol. The summed E-state index contributed by atoms with van der Waals surface area (Å²) >= 11 is 2.48. The van der Waals surface area contributed by atoms with E-state index in [0.717, 1.165) is 0 Å². The molecule has 1 aromatic heterocycles. The van der Waals surface area contributed by atoms with Gasteiger partial charge < -0.3 is 26.8 Å². The number of nitrogen functional groups attached to an aromatic ring is 2. The molecule has 2 radical (unpaired) electrons. The molecular formula is C5H7AlN5Rf-. The van der Waals surface area contributed by atoms with Crippen LogP contribution < -0.4 is 16.8 Å². The van der Waals surface area contributed by atoms with Gasteiger partial charge in [-0.3, -0.25) is 0 Å². The van der Waals surface area contributed by atoms with Crippen LogP contribution in [0.2, 0.25) is 0 Å². The van der Waals surface area contributed by atoms with E-state index < -0.39 is 0 Å². The van der Waals surface area contributed by atoms with E-state index in [1.807, 2.05) is 0 Å². The second-order valence-electron chi connectivity index (χ2n) is 1.84. The SMILES string of the molecule is Nc1n[c-]c(N)c(N[CH2][Al])n1.[Rf]. The van der Waals surface area contributed by atoms with Crippen molar-refractivity contribution >= 4 is 33.7 Å². The third-order valence-corrected chi connectivity index (χ3v) is 1.25. The maximum Gasteiger partial charge on any atom is 0.151 e. The Balaban J connectivity index is 0.00000121. The van der Waals surface area contributed by atoms with Crippen LogP contribution in [0.3, 0.4) is 0 Å². The fraction of sp³-hybridized carbons (Fsp3) is 0.200. The molecule has 1 heterocycles. The number of hydrogen-bond donors (Lipinski definition) is 3. The van der Waals surface area contributed by atoms with E-state index in [-0.39, 0.29) is 5.95 Å². The van der Waals surface area contributed by atoms with Crippen LogP contribution in [0.4, 0.5) is 17.5 Å². The number of nitrogens with one attached hydrogen (secondary N) is 1. The zero-order chi connectivity index (χ0) is 8.27. The molecule has 0 aliphatic heterocycles. The van der Waals surface area contributed by atoms with Crippen molar-refractivity contribution in [2.24, 2.45) is 0 Å². The van der Waals surface area contributed by atoms with Crippen LogP contribution in [0.5, 0.6) is 0 Å². The first-order valence-corrected chi connectivity index (χ1v) is 3.80. The number of hydrogen-bond acceptors (Lipinski definition) is 5. The summed E-state index contributed by atoms with van der Waals surface area (Å²) in [6.07, 6.45) is 2.52. The zero-order valence-corrected chi connectivity index (χ0v) is 14.1. The molecular weight excluding hydrogens is 424 g/mol. The van der Waals surface area contributed by atoms with Crippen molar-refractivity contribution in [3.63, 3.8) is 0 Å². The average molecular weight is 431 g/mol. The molecule has 0 unspecified atom stereocenters. The number of aromatic nitrogens is 2. The summed E-state index contributed by atoms with van der Waals surface area (Å²) < 4.78 is 0. The summed E-state index contributed by atoms with van der Waals surface area (Å²) in [6.45, 7) is 0. The zero-order valence-electron chi connectivity index (χ0n) is 6.54. The Hall–Kier alpha value is -1.99. The molecule has 0 atom stereocenters. The number of anilines is 3. The molecule has 0 amide bonds. The first-order valence-electron chi connectivity index (χ1n) is 2.98. The Morgan fingerprint density at radius 1 is 1.50 bits per heavy atom. The Bertz CT molecular complexity index is 256. The molecule has 1 rings (SSSR count). The third-order valence-electron chi connectivity index (χ3n) is 1.04. The van der Waals surface area contributed by atoms with Crippen molar-refractivity contribution < 1.29 is 0 Å². The Morgan fingerprint density at radius 2 is 2.17 bits per heavy atom. The minimum Gasteiger partial charge on any atom is -0.435 e. The van der Waals surface area contributed by atoms with E-state index in [1.54, 1.807) is 0 Å². The molecule has 5 N–H and O–H groups in total. The quantitative estimate of drug-likeness (QED) is 0.412. The van der Waals surface area contributed by atoms with Crippen LogP contribution in [0, 0.1) is 6.20 Å². The minimum atomic E-state index is 0. The molecule has 58 valence electrons. The van der Waals surface area contributed by atoms with Crippen molar-refractivity contribution in [2.75, 3.05) is 22.2 Å². The molecule has 0 spiro atoms. The van der Waals surface area contributed by atoms with Gasteiger partial charge in [0.05, 0.1) is 0 Å². The van der Waals surface area contributed by atoms with Crippen molar-refractivity contribution in [1.29, 1.82) is 0 Å². The smallest absolute Gasteiger partial charge is 0.151 e. The molecule has 0 bridgehead atoms. The fourth-order valence-electron chi connectivity index (χ4n) is 0.602. The second kappa shape index (κ2) is 4.01. The number of nitrogens with two attached hydrogens (primary N) is 2. The monoisotopic (exact) mass is 431 g/mol. The average Bonchev–Trinajstić information content (AvgIpc) is 1.98. The van der Waals surface area contributed by atoms with E-state index in [2.05, 4.69) is 37.8 Å². The van der Waals surface area contributed by atoms with Gasteiger partial charge in [-0.05, 0) is 11.9 Å². The van der Waals surface area contributed by atoms with Gasteiger partial charge in [-0.1, -0.05) is 5.41 Å². The maximum atomic E-state index is 5.47. The van der Waals surface area contributed by atoms with E-state index in [0.29, 0.717) is 16.9 Å². The normalized spacial score (nSPS) is 8.67. The van der Waals surface area contributed by atoms with Gasteiger partial charge in [0.25, 0.3) is 0 Å². The van der Waals surface area contributed by atoms with Gasteiger partial charge >= 0.3 is 0 Å². The number of nitrogens with zero attached hydrogens (tertiary/aromatic N) is 2. The van der Waals surface area contributed by atoms with Crippen LogP contribution in [-0.2, 0) is 0 Å². The molecule has 0 fully saturated rings. The summed E-state index contributed by atoms with van der Waals surface area (Å²) in [5.74, 6) is 0.688. The van der Waals surface area contributed by atoms with Crippen molar-refractivity contribution in [2.45, 2.75) is 0 Å². The van der Waals surface area contributed by atoms with E-state index in [1.165, 1.54) is 0 Å². The first-order chi connectivity index (χ1) is 5.24. The van der Waals surface area contributed by atoms with Crippen molar-refractivity contribution in [3.05, 3.63) is 6.20 Å². The summed E-state index contributed by atoms with van der Waals surface area (Å²) in [4.78, 5) is 7.44. The van der Waals surface area contributed by atoms with E-state index in [4.69, 9.17) is 11.5 Å². The van der Waals surface area contributed by atoms with Gasteiger partial charge in [0.15, 0.2) is 16.3 Å². The molecule has 0 aliphatic rings. The molecule has 1 aromatic rings. The van der Waals surface area contributed by atoms with Crippen molar-refractivity contribution in [1.82, 2.24) is 9.97 Å². The molecule has 0 aromatic carbocycles. The van der Waals surface area contributed by atoms with Crippen LogP contribution in [0.15, 0.2) is 0 Å².